The number of benzene rings is 2. The second-order valence-electron chi connectivity index (χ2n) is 4.81. The van der Waals surface area contributed by atoms with Gasteiger partial charge in [0.05, 0.1) is 19.8 Å². The van der Waals surface area contributed by atoms with Gasteiger partial charge in [0.2, 0.25) is 0 Å². The van der Waals surface area contributed by atoms with Crippen molar-refractivity contribution in [1.82, 2.24) is 0 Å². The van der Waals surface area contributed by atoms with Gasteiger partial charge in [-0.3, -0.25) is 4.79 Å². The first-order chi connectivity index (χ1) is 9.97. The molecule has 0 unspecified atom stereocenters. The van der Waals surface area contributed by atoms with Crippen molar-refractivity contribution < 1.29 is 14.3 Å². The van der Waals surface area contributed by atoms with Crippen LogP contribution < -0.4 is 9.47 Å². The minimum absolute atomic E-state index is 0.0531. The van der Waals surface area contributed by atoms with E-state index < -0.39 is 0 Å². The highest BCUT2D eigenvalue weighted by atomic mass is 79.9. The Hall–Kier alpha value is -1.81. The maximum absolute atomic E-state index is 12.8. The van der Waals surface area contributed by atoms with Crippen LogP contribution in [0.1, 0.15) is 27.0 Å². The van der Waals surface area contributed by atoms with E-state index in [0.717, 1.165) is 15.6 Å². The molecule has 0 N–H and O–H groups in total. The number of rotatable bonds is 4. The fourth-order valence-corrected chi connectivity index (χ4v) is 2.61. The zero-order chi connectivity index (χ0) is 15.6. The second kappa shape index (κ2) is 6.31. The SMILES string of the molecule is COc1ccc(C(=O)c2cc(C)c(Br)cc2C)c(OC)c1. The van der Waals surface area contributed by atoms with Crippen LogP contribution in [-0.4, -0.2) is 20.0 Å². The Morgan fingerprint density at radius 2 is 1.67 bits per heavy atom. The van der Waals surface area contributed by atoms with E-state index >= 15 is 0 Å². The van der Waals surface area contributed by atoms with Gasteiger partial charge in [0.15, 0.2) is 5.78 Å². The van der Waals surface area contributed by atoms with Gasteiger partial charge in [-0.05, 0) is 49.2 Å². The van der Waals surface area contributed by atoms with Crippen LogP contribution in [0.2, 0.25) is 0 Å². The van der Waals surface area contributed by atoms with E-state index in [0.29, 0.717) is 22.6 Å². The summed E-state index contributed by atoms with van der Waals surface area (Å²) >= 11 is 3.48. The molecule has 0 radical (unpaired) electrons. The van der Waals surface area contributed by atoms with Crippen LogP contribution in [0.25, 0.3) is 0 Å². The standard InChI is InChI=1S/C17H17BrO3/c1-10-8-15(18)11(2)7-14(10)17(19)13-6-5-12(20-3)9-16(13)21-4/h5-9H,1-4H3. The van der Waals surface area contributed by atoms with Crippen LogP contribution in [0, 0.1) is 13.8 Å². The summed E-state index contributed by atoms with van der Waals surface area (Å²) in [6.07, 6.45) is 0. The molecule has 4 heteroatoms. The van der Waals surface area contributed by atoms with Gasteiger partial charge in [0, 0.05) is 16.1 Å². The van der Waals surface area contributed by atoms with Gasteiger partial charge in [-0.25, -0.2) is 0 Å². The second-order valence-corrected chi connectivity index (χ2v) is 5.67. The average molecular weight is 349 g/mol. The van der Waals surface area contributed by atoms with Crippen molar-refractivity contribution >= 4 is 21.7 Å². The van der Waals surface area contributed by atoms with Crippen molar-refractivity contribution in [1.29, 1.82) is 0 Å². The zero-order valence-corrected chi connectivity index (χ0v) is 14.1. The molecule has 0 heterocycles. The van der Waals surface area contributed by atoms with E-state index in [4.69, 9.17) is 9.47 Å². The van der Waals surface area contributed by atoms with Crippen LogP contribution >= 0.6 is 15.9 Å². The molecule has 0 saturated heterocycles. The van der Waals surface area contributed by atoms with Gasteiger partial charge in [-0.1, -0.05) is 15.9 Å². The molecule has 0 aliphatic carbocycles. The largest absolute Gasteiger partial charge is 0.497 e. The molecule has 0 saturated carbocycles. The number of carbonyl (C=O) groups excluding carboxylic acids is 1. The molecule has 3 nitrogen and oxygen atoms in total. The predicted molar refractivity (Wildman–Crippen MR) is 86.6 cm³/mol. The van der Waals surface area contributed by atoms with Crippen molar-refractivity contribution in [3.8, 4) is 11.5 Å². The summed E-state index contributed by atoms with van der Waals surface area (Å²) in [5.41, 5.74) is 3.16. The molecule has 0 fully saturated rings. The highest BCUT2D eigenvalue weighted by molar-refractivity contribution is 9.10. The van der Waals surface area contributed by atoms with Crippen molar-refractivity contribution in [2.24, 2.45) is 0 Å². The number of halogens is 1. The first kappa shape index (κ1) is 15.6. The molecule has 0 atom stereocenters. The molecule has 0 aliphatic heterocycles. The molecule has 0 spiro atoms. The first-order valence-corrected chi connectivity index (χ1v) is 7.30. The van der Waals surface area contributed by atoms with Crippen LogP contribution in [-0.2, 0) is 0 Å². The highest BCUT2D eigenvalue weighted by Crippen LogP contribution is 2.29. The minimum atomic E-state index is -0.0531. The molecule has 110 valence electrons. The topological polar surface area (TPSA) is 35.5 Å². The molecule has 2 rings (SSSR count). The summed E-state index contributed by atoms with van der Waals surface area (Å²) in [6.45, 7) is 3.89. The van der Waals surface area contributed by atoms with Crippen molar-refractivity contribution in [2.45, 2.75) is 13.8 Å². The molecule has 0 bridgehead atoms. The van der Waals surface area contributed by atoms with Gasteiger partial charge < -0.3 is 9.47 Å². The Bertz CT molecular complexity index is 693. The average Bonchev–Trinajstić information content (AvgIpc) is 2.49. The third-order valence-electron chi connectivity index (χ3n) is 3.40. The maximum Gasteiger partial charge on any atom is 0.197 e. The number of hydrogen-bond acceptors (Lipinski definition) is 3. The molecule has 2 aromatic carbocycles. The summed E-state index contributed by atoms with van der Waals surface area (Å²) in [5, 5.41) is 0. The maximum atomic E-state index is 12.8. The number of aryl methyl sites for hydroxylation is 2. The predicted octanol–water partition coefficient (Wildman–Crippen LogP) is 4.31. The number of ketones is 1. The number of hydrogen-bond donors (Lipinski definition) is 0. The Labute approximate surface area is 133 Å². The Balaban J connectivity index is 2.52. The molecule has 2 aromatic rings. The molecule has 0 aliphatic rings. The lowest BCUT2D eigenvalue weighted by Crippen LogP contribution is -2.07. The van der Waals surface area contributed by atoms with Gasteiger partial charge in [0.1, 0.15) is 11.5 Å². The van der Waals surface area contributed by atoms with E-state index in [1.165, 1.54) is 0 Å². The normalized spacial score (nSPS) is 10.3. The van der Waals surface area contributed by atoms with E-state index in [2.05, 4.69) is 15.9 Å². The quantitative estimate of drug-likeness (QED) is 0.772. The molecular weight excluding hydrogens is 332 g/mol. The monoisotopic (exact) mass is 348 g/mol. The van der Waals surface area contributed by atoms with E-state index in [1.54, 1.807) is 32.4 Å². The minimum Gasteiger partial charge on any atom is -0.497 e. The Morgan fingerprint density at radius 1 is 0.952 bits per heavy atom. The van der Waals surface area contributed by atoms with Crippen molar-refractivity contribution in [3.63, 3.8) is 0 Å². The lowest BCUT2D eigenvalue weighted by atomic mass is 9.96. The summed E-state index contributed by atoms with van der Waals surface area (Å²) in [4.78, 5) is 12.8. The van der Waals surface area contributed by atoms with Gasteiger partial charge >= 0.3 is 0 Å². The fraction of sp³-hybridized carbons (Fsp3) is 0.235. The third-order valence-corrected chi connectivity index (χ3v) is 4.26. The van der Waals surface area contributed by atoms with Gasteiger partial charge in [-0.15, -0.1) is 0 Å². The first-order valence-electron chi connectivity index (χ1n) is 6.51. The summed E-state index contributed by atoms with van der Waals surface area (Å²) in [5.74, 6) is 1.12. The molecule has 21 heavy (non-hydrogen) atoms. The van der Waals surface area contributed by atoms with Gasteiger partial charge in [-0.2, -0.15) is 0 Å². The molecular formula is C17H17BrO3. The zero-order valence-electron chi connectivity index (χ0n) is 12.5. The van der Waals surface area contributed by atoms with Crippen LogP contribution in [0.5, 0.6) is 11.5 Å². The lowest BCUT2D eigenvalue weighted by Gasteiger charge is -2.12. The molecule has 0 aromatic heterocycles. The third kappa shape index (κ3) is 3.10. The number of ether oxygens (including phenoxy) is 2. The van der Waals surface area contributed by atoms with E-state index in [-0.39, 0.29) is 5.78 Å². The Kier molecular flexibility index (Phi) is 4.68. The summed E-state index contributed by atoms with van der Waals surface area (Å²) in [7, 11) is 3.13. The van der Waals surface area contributed by atoms with Crippen LogP contribution in [0.3, 0.4) is 0 Å². The van der Waals surface area contributed by atoms with E-state index in [9.17, 15) is 4.79 Å². The summed E-state index contributed by atoms with van der Waals surface area (Å²) in [6, 6.07) is 9.06. The van der Waals surface area contributed by atoms with Crippen LogP contribution in [0.4, 0.5) is 0 Å². The Morgan fingerprint density at radius 3 is 2.29 bits per heavy atom. The smallest absolute Gasteiger partial charge is 0.197 e. The number of carbonyl (C=O) groups is 1. The lowest BCUT2D eigenvalue weighted by molar-refractivity contribution is 0.103. The van der Waals surface area contributed by atoms with Crippen molar-refractivity contribution in [3.05, 3.63) is 57.1 Å². The fourth-order valence-electron chi connectivity index (χ4n) is 2.16. The molecule has 0 amide bonds. The van der Waals surface area contributed by atoms with E-state index in [1.807, 2.05) is 26.0 Å². The van der Waals surface area contributed by atoms with Gasteiger partial charge in [0.25, 0.3) is 0 Å². The van der Waals surface area contributed by atoms with Crippen molar-refractivity contribution in [2.75, 3.05) is 14.2 Å². The van der Waals surface area contributed by atoms with Crippen LogP contribution in [0.15, 0.2) is 34.8 Å². The highest BCUT2D eigenvalue weighted by Gasteiger charge is 2.18. The number of methoxy groups -OCH3 is 2. The summed E-state index contributed by atoms with van der Waals surface area (Å²) < 4.78 is 11.5.